The third-order valence-electron chi connectivity index (χ3n) is 1.39. The Morgan fingerprint density at radius 3 is 2.56 bits per heavy atom. The summed E-state index contributed by atoms with van der Waals surface area (Å²) >= 11 is 17.1. The predicted octanol–water partition coefficient (Wildman–Crippen LogP) is 2.56. The van der Waals surface area contributed by atoms with Crippen LogP contribution in [0.2, 0.25) is 0 Å². The Balaban J connectivity index is 2.84. The van der Waals surface area contributed by atoms with Crippen LogP contribution in [0.25, 0.3) is 0 Å². The van der Waals surface area contributed by atoms with Gasteiger partial charge in [0.2, 0.25) is 4.84 Å². The number of hydrogen-bond donors (Lipinski definition) is 0. The lowest BCUT2D eigenvalue weighted by atomic mass is 10.2. The lowest BCUT2D eigenvalue weighted by Gasteiger charge is -1.99. The molecule has 0 unspecified atom stereocenters. The topological polar surface area (TPSA) is 55.7 Å². The fourth-order valence-corrected chi connectivity index (χ4v) is 1.60. The van der Waals surface area contributed by atoms with Crippen LogP contribution in [-0.2, 0) is 14.4 Å². The summed E-state index contributed by atoms with van der Waals surface area (Å²) in [7, 11) is 0. The summed E-state index contributed by atoms with van der Waals surface area (Å²) in [4.78, 5) is 24.9. The van der Waals surface area contributed by atoms with Crippen LogP contribution in [0.4, 0.5) is 0 Å². The molecule has 0 fully saturated rings. The molecule has 0 bridgehead atoms. The summed E-state index contributed by atoms with van der Waals surface area (Å²) in [6, 6.07) is 1.61. The second-order valence-electron chi connectivity index (χ2n) is 2.44. The van der Waals surface area contributed by atoms with Crippen LogP contribution < -0.4 is 0 Å². The molecule has 0 aromatic carbocycles. The molecule has 0 radical (unpaired) electrons. The molecule has 0 atom stereocenters. The summed E-state index contributed by atoms with van der Waals surface area (Å²) in [5.74, 6) is -0.978. The Kier molecular flexibility index (Phi) is 5.21. The number of alkyl halides is 2. The summed E-state index contributed by atoms with van der Waals surface area (Å²) < 4.78 is 0. The molecule has 86 valence electrons. The molecule has 0 amide bonds. The molecule has 1 rings (SSSR count). The van der Waals surface area contributed by atoms with E-state index in [1.807, 2.05) is 0 Å². The van der Waals surface area contributed by atoms with E-state index in [1.54, 1.807) is 16.8 Å². The fraction of sp³-hybridized carbons (Fsp3) is 0.125. The molecule has 4 nitrogen and oxygen atoms in total. The molecule has 1 heterocycles. The summed E-state index contributed by atoms with van der Waals surface area (Å²) in [6.45, 7) is 0. The highest BCUT2D eigenvalue weighted by atomic mass is 35.5. The van der Waals surface area contributed by atoms with Gasteiger partial charge in [0.05, 0.1) is 0 Å². The summed E-state index contributed by atoms with van der Waals surface area (Å²) in [6.07, 6.45) is 0. The van der Waals surface area contributed by atoms with Crippen molar-refractivity contribution in [2.24, 2.45) is 5.16 Å². The maximum atomic E-state index is 11.0. The van der Waals surface area contributed by atoms with E-state index >= 15 is 0 Å². The number of rotatable bonds is 4. The van der Waals surface area contributed by atoms with Crippen LogP contribution in [0.3, 0.4) is 0 Å². The van der Waals surface area contributed by atoms with E-state index in [0.717, 1.165) is 0 Å². The smallest absolute Gasteiger partial charge is 0.314 e. The predicted molar refractivity (Wildman–Crippen MR) is 63.3 cm³/mol. The van der Waals surface area contributed by atoms with Gasteiger partial charge in [-0.05, 0) is 23.0 Å². The Labute approximate surface area is 110 Å². The van der Waals surface area contributed by atoms with Crippen LogP contribution in [0.1, 0.15) is 5.56 Å². The van der Waals surface area contributed by atoms with Gasteiger partial charge in [0.25, 0.3) is 5.24 Å². The Hall–Kier alpha value is -0.620. The molecule has 16 heavy (non-hydrogen) atoms. The molecule has 0 aliphatic heterocycles. The Morgan fingerprint density at radius 2 is 2.12 bits per heavy atom. The van der Waals surface area contributed by atoms with E-state index in [9.17, 15) is 9.59 Å². The van der Waals surface area contributed by atoms with Crippen molar-refractivity contribution in [3.63, 3.8) is 0 Å². The molecule has 0 aliphatic rings. The molecule has 0 spiro atoms. The number of hydrogen-bond acceptors (Lipinski definition) is 5. The average molecular weight is 301 g/mol. The van der Waals surface area contributed by atoms with Crippen molar-refractivity contribution >= 4 is 63.1 Å². The van der Waals surface area contributed by atoms with Crippen LogP contribution in [0.5, 0.6) is 0 Å². The third-order valence-corrected chi connectivity index (χ3v) is 2.60. The van der Waals surface area contributed by atoms with Gasteiger partial charge in [-0.15, -0.1) is 0 Å². The molecule has 1 aromatic heterocycles. The van der Waals surface area contributed by atoms with Crippen LogP contribution in [-0.4, -0.2) is 21.8 Å². The quantitative estimate of drug-likeness (QED) is 0.282. The third kappa shape index (κ3) is 3.75. The summed E-state index contributed by atoms with van der Waals surface area (Å²) in [5.41, 5.74) is 0.281. The van der Waals surface area contributed by atoms with Crippen LogP contribution in [0.15, 0.2) is 22.0 Å². The molecule has 0 saturated heterocycles. The lowest BCUT2D eigenvalue weighted by molar-refractivity contribution is -0.141. The summed E-state index contributed by atoms with van der Waals surface area (Å²) in [5, 5.41) is 5.82. The molecule has 0 saturated carbocycles. The van der Waals surface area contributed by atoms with Gasteiger partial charge in [0.1, 0.15) is 0 Å². The van der Waals surface area contributed by atoms with Crippen molar-refractivity contribution in [3.05, 3.63) is 22.4 Å². The van der Waals surface area contributed by atoms with Crippen molar-refractivity contribution in [2.45, 2.75) is 4.84 Å². The van der Waals surface area contributed by atoms with E-state index in [-0.39, 0.29) is 5.71 Å². The number of oxime groups is 1. The second-order valence-corrected chi connectivity index (χ2v) is 4.66. The maximum Gasteiger partial charge on any atom is 0.367 e. The first-order valence-electron chi connectivity index (χ1n) is 3.81. The monoisotopic (exact) mass is 299 g/mol. The molecule has 8 heteroatoms. The number of carbonyl (C=O) groups is 2. The van der Waals surface area contributed by atoms with Crippen molar-refractivity contribution in [2.75, 3.05) is 0 Å². The van der Waals surface area contributed by atoms with E-state index in [4.69, 9.17) is 34.8 Å². The zero-order valence-corrected chi connectivity index (χ0v) is 10.6. The fourth-order valence-electron chi connectivity index (χ4n) is 0.732. The zero-order valence-electron chi connectivity index (χ0n) is 7.52. The molecular formula is C8H4Cl3NO3S. The first-order chi connectivity index (χ1) is 7.52. The average Bonchev–Trinajstić information content (AvgIpc) is 2.70. The lowest BCUT2D eigenvalue weighted by Crippen LogP contribution is -2.14. The zero-order chi connectivity index (χ0) is 12.1. The van der Waals surface area contributed by atoms with Crippen molar-refractivity contribution in [1.29, 1.82) is 0 Å². The minimum absolute atomic E-state index is 0.176. The van der Waals surface area contributed by atoms with E-state index < -0.39 is 16.0 Å². The van der Waals surface area contributed by atoms with Gasteiger partial charge in [-0.2, -0.15) is 11.3 Å². The number of thiophene rings is 1. The van der Waals surface area contributed by atoms with Gasteiger partial charge in [-0.3, -0.25) is 4.79 Å². The maximum absolute atomic E-state index is 11.0. The highest BCUT2D eigenvalue weighted by Gasteiger charge is 2.17. The minimum atomic E-state index is -1.36. The number of carbonyl (C=O) groups excluding carboxylic acids is 2. The van der Waals surface area contributed by atoms with E-state index in [0.29, 0.717) is 5.56 Å². The molecule has 1 aromatic rings. The van der Waals surface area contributed by atoms with Crippen molar-refractivity contribution in [3.8, 4) is 0 Å². The van der Waals surface area contributed by atoms with Crippen LogP contribution >= 0.6 is 46.1 Å². The first kappa shape index (κ1) is 13.4. The van der Waals surface area contributed by atoms with Gasteiger partial charge < -0.3 is 4.84 Å². The molecule has 0 N–H and O–H groups in total. The van der Waals surface area contributed by atoms with Gasteiger partial charge in [-0.25, -0.2) is 4.79 Å². The largest absolute Gasteiger partial charge is 0.367 e. The minimum Gasteiger partial charge on any atom is -0.314 e. The van der Waals surface area contributed by atoms with Gasteiger partial charge in [0, 0.05) is 10.9 Å². The van der Waals surface area contributed by atoms with Crippen molar-refractivity contribution < 1.29 is 14.4 Å². The highest BCUT2D eigenvalue weighted by molar-refractivity contribution is 7.08. The molecule has 0 aliphatic carbocycles. The van der Waals surface area contributed by atoms with Gasteiger partial charge >= 0.3 is 5.97 Å². The number of halogens is 3. The van der Waals surface area contributed by atoms with Gasteiger partial charge in [-0.1, -0.05) is 28.4 Å². The van der Waals surface area contributed by atoms with E-state index in [1.165, 1.54) is 11.3 Å². The Bertz CT molecular complexity index is 416. The Morgan fingerprint density at radius 1 is 1.44 bits per heavy atom. The van der Waals surface area contributed by atoms with Crippen LogP contribution in [0, 0.1) is 0 Å². The second kappa shape index (κ2) is 6.20. The highest BCUT2D eigenvalue weighted by Crippen LogP contribution is 2.11. The first-order valence-corrected chi connectivity index (χ1v) is 6.01. The van der Waals surface area contributed by atoms with Gasteiger partial charge in [0.15, 0.2) is 5.71 Å². The SMILES string of the molecule is O=C(Cl)C(=NOC(=O)C(Cl)Cl)c1ccsc1. The molecular weight excluding hydrogens is 297 g/mol. The standard InChI is InChI=1S/C8H4Cl3NO3S/c9-6(10)8(14)15-12-5(7(11)13)4-1-2-16-3-4/h1-3,6H. The van der Waals surface area contributed by atoms with E-state index in [2.05, 4.69) is 9.99 Å². The normalized spacial score (nSPS) is 11.6. The number of nitrogens with zero attached hydrogens (tertiary/aromatic N) is 1. The van der Waals surface area contributed by atoms with Crippen molar-refractivity contribution in [1.82, 2.24) is 0 Å².